The predicted molar refractivity (Wildman–Crippen MR) is 84.1 cm³/mol. The van der Waals surface area contributed by atoms with Gasteiger partial charge in [0.15, 0.2) is 0 Å². The summed E-state index contributed by atoms with van der Waals surface area (Å²) in [5.41, 5.74) is 2.67. The predicted octanol–water partition coefficient (Wildman–Crippen LogP) is 2.94. The van der Waals surface area contributed by atoms with Crippen molar-refractivity contribution in [2.75, 3.05) is 32.1 Å². The molecule has 0 saturated carbocycles. The van der Waals surface area contributed by atoms with E-state index in [1.807, 2.05) is 4.90 Å². The largest absolute Gasteiger partial charge is 0.378 e. The van der Waals surface area contributed by atoms with Crippen LogP contribution in [-0.4, -0.2) is 38.0 Å². The fourth-order valence-corrected chi connectivity index (χ4v) is 2.87. The first kappa shape index (κ1) is 14.9. The van der Waals surface area contributed by atoms with E-state index in [1.165, 1.54) is 17.7 Å². The van der Waals surface area contributed by atoms with Gasteiger partial charge in [-0.1, -0.05) is 12.1 Å². The van der Waals surface area contributed by atoms with Gasteiger partial charge in [0.1, 0.15) is 0 Å². The van der Waals surface area contributed by atoms with E-state index in [0.717, 1.165) is 38.3 Å². The number of carbonyl (C=O) groups excluding carboxylic acids is 1. The summed E-state index contributed by atoms with van der Waals surface area (Å²) in [5, 5.41) is 0. The molecular formula is C17H26N2O. The average molecular weight is 274 g/mol. The standard InChI is InChI=1S/C17H26N2O/c1-14(20)19-12-10-16(11-13-19)5-4-15-6-8-17(9-7-15)18(2)3/h6-9,16H,4-5,10-13H2,1-3H3. The number of hydrogen-bond acceptors (Lipinski definition) is 2. The van der Waals surface area contributed by atoms with E-state index in [9.17, 15) is 4.79 Å². The number of benzene rings is 1. The fourth-order valence-electron chi connectivity index (χ4n) is 2.87. The van der Waals surface area contributed by atoms with E-state index in [2.05, 4.69) is 43.3 Å². The van der Waals surface area contributed by atoms with Crippen molar-refractivity contribution in [2.24, 2.45) is 5.92 Å². The SMILES string of the molecule is CC(=O)N1CCC(CCc2ccc(N(C)C)cc2)CC1. The molecule has 1 aromatic carbocycles. The Morgan fingerprint density at radius 1 is 1.20 bits per heavy atom. The molecule has 0 spiro atoms. The Morgan fingerprint density at radius 2 is 1.80 bits per heavy atom. The fraction of sp³-hybridized carbons (Fsp3) is 0.588. The van der Waals surface area contributed by atoms with Crippen molar-refractivity contribution in [3.8, 4) is 0 Å². The Balaban J connectivity index is 1.77. The van der Waals surface area contributed by atoms with Crippen molar-refractivity contribution in [1.29, 1.82) is 0 Å². The Bertz CT molecular complexity index is 431. The quantitative estimate of drug-likeness (QED) is 0.843. The average Bonchev–Trinajstić information content (AvgIpc) is 2.46. The number of rotatable bonds is 4. The van der Waals surface area contributed by atoms with Gasteiger partial charge in [-0.3, -0.25) is 4.79 Å². The van der Waals surface area contributed by atoms with E-state index >= 15 is 0 Å². The van der Waals surface area contributed by atoms with E-state index < -0.39 is 0 Å². The van der Waals surface area contributed by atoms with E-state index in [-0.39, 0.29) is 5.91 Å². The van der Waals surface area contributed by atoms with Gasteiger partial charge in [-0.2, -0.15) is 0 Å². The summed E-state index contributed by atoms with van der Waals surface area (Å²) < 4.78 is 0. The van der Waals surface area contributed by atoms with Crippen molar-refractivity contribution in [1.82, 2.24) is 4.90 Å². The van der Waals surface area contributed by atoms with Crippen LogP contribution >= 0.6 is 0 Å². The van der Waals surface area contributed by atoms with Crippen molar-refractivity contribution < 1.29 is 4.79 Å². The van der Waals surface area contributed by atoms with Gasteiger partial charge in [-0.15, -0.1) is 0 Å². The molecule has 1 aromatic rings. The molecule has 2 rings (SSSR count). The molecule has 1 heterocycles. The van der Waals surface area contributed by atoms with Crippen LogP contribution in [0.25, 0.3) is 0 Å². The summed E-state index contributed by atoms with van der Waals surface area (Å²) in [7, 11) is 4.13. The molecule has 0 aliphatic carbocycles. The van der Waals surface area contributed by atoms with Gasteiger partial charge < -0.3 is 9.80 Å². The molecule has 1 saturated heterocycles. The van der Waals surface area contributed by atoms with E-state index in [4.69, 9.17) is 0 Å². The Morgan fingerprint density at radius 3 is 2.30 bits per heavy atom. The number of nitrogens with zero attached hydrogens (tertiary/aromatic N) is 2. The van der Waals surface area contributed by atoms with Gasteiger partial charge in [0, 0.05) is 39.8 Å². The van der Waals surface area contributed by atoms with Crippen molar-refractivity contribution in [2.45, 2.75) is 32.6 Å². The number of piperidine rings is 1. The van der Waals surface area contributed by atoms with Crippen LogP contribution in [0.2, 0.25) is 0 Å². The van der Waals surface area contributed by atoms with Crippen LogP contribution in [0.3, 0.4) is 0 Å². The third-order valence-electron chi connectivity index (χ3n) is 4.35. The highest BCUT2D eigenvalue weighted by Gasteiger charge is 2.20. The lowest BCUT2D eigenvalue weighted by atomic mass is 9.90. The molecule has 110 valence electrons. The third-order valence-corrected chi connectivity index (χ3v) is 4.35. The molecule has 1 amide bonds. The smallest absolute Gasteiger partial charge is 0.219 e. The van der Waals surface area contributed by atoms with Crippen molar-refractivity contribution in [3.63, 3.8) is 0 Å². The molecule has 0 N–H and O–H groups in total. The van der Waals surface area contributed by atoms with E-state index in [1.54, 1.807) is 6.92 Å². The van der Waals surface area contributed by atoms with Crippen LogP contribution < -0.4 is 4.90 Å². The first-order chi connectivity index (χ1) is 9.56. The number of carbonyl (C=O) groups is 1. The maximum Gasteiger partial charge on any atom is 0.219 e. The zero-order valence-corrected chi connectivity index (χ0v) is 12.9. The van der Waals surface area contributed by atoms with Crippen LogP contribution in [0.1, 0.15) is 31.7 Å². The highest BCUT2D eigenvalue weighted by atomic mass is 16.2. The number of aryl methyl sites for hydroxylation is 1. The van der Waals surface area contributed by atoms with Crippen molar-refractivity contribution in [3.05, 3.63) is 29.8 Å². The monoisotopic (exact) mass is 274 g/mol. The Kier molecular flexibility index (Phi) is 5.05. The van der Waals surface area contributed by atoms with Gasteiger partial charge in [-0.25, -0.2) is 0 Å². The second kappa shape index (κ2) is 6.78. The first-order valence-electron chi connectivity index (χ1n) is 7.58. The summed E-state index contributed by atoms with van der Waals surface area (Å²) in [4.78, 5) is 15.4. The van der Waals surface area contributed by atoms with Crippen LogP contribution in [0, 0.1) is 5.92 Å². The Labute approximate surface area is 122 Å². The highest BCUT2D eigenvalue weighted by Crippen LogP contribution is 2.23. The molecule has 3 nitrogen and oxygen atoms in total. The number of amides is 1. The second-order valence-corrected chi connectivity index (χ2v) is 6.05. The van der Waals surface area contributed by atoms with Crippen molar-refractivity contribution >= 4 is 11.6 Å². The number of hydrogen-bond donors (Lipinski definition) is 0. The summed E-state index contributed by atoms with van der Waals surface area (Å²) in [6.07, 6.45) is 4.72. The molecule has 1 aliphatic heterocycles. The summed E-state index contributed by atoms with van der Waals surface area (Å²) in [6, 6.07) is 8.85. The molecule has 3 heteroatoms. The second-order valence-electron chi connectivity index (χ2n) is 6.05. The molecule has 0 unspecified atom stereocenters. The minimum absolute atomic E-state index is 0.225. The van der Waals surface area contributed by atoms with Crippen LogP contribution in [0.5, 0.6) is 0 Å². The lowest BCUT2D eigenvalue weighted by Gasteiger charge is -2.31. The minimum Gasteiger partial charge on any atom is -0.378 e. The van der Waals surface area contributed by atoms with Gasteiger partial charge in [-0.05, 0) is 49.3 Å². The molecule has 1 aliphatic rings. The molecule has 0 aromatic heterocycles. The summed E-state index contributed by atoms with van der Waals surface area (Å²) >= 11 is 0. The zero-order valence-electron chi connectivity index (χ0n) is 12.9. The summed E-state index contributed by atoms with van der Waals surface area (Å²) in [6.45, 7) is 3.56. The van der Waals surface area contributed by atoms with Gasteiger partial charge in [0.2, 0.25) is 5.91 Å². The molecule has 20 heavy (non-hydrogen) atoms. The maximum atomic E-state index is 11.3. The van der Waals surface area contributed by atoms with Gasteiger partial charge in [0.05, 0.1) is 0 Å². The topological polar surface area (TPSA) is 23.6 Å². The molecule has 0 radical (unpaired) electrons. The van der Waals surface area contributed by atoms with Crippen LogP contribution in [0.15, 0.2) is 24.3 Å². The molecule has 1 fully saturated rings. The molecular weight excluding hydrogens is 248 g/mol. The van der Waals surface area contributed by atoms with Gasteiger partial charge in [0.25, 0.3) is 0 Å². The van der Waals surface area contributed by atoms with Gasteiger partial charge >= 0.3 is 0 Å². The lowest BCUT2D eigenvalue weighted by Crippen LogP contribution is -2.37. The zero-order chi connectivity index (χ0) is 14.5. The lowest BCUT2D eigenvalue weighted by molar-refractivity contribution is -0.130. The van der Waals surface area contributed by atoms with Crippen LogP contribution in [-0.2, 0) is 11.2 Å². The number of likely N-dealkylation sites (tertiary alicyclic amines) is 1. The molecule has 0 bridgehead atoms. The Hall–Kier alpha value is -1.51. The molecule has 0 atom stereocenters. The first-order valence-corrected chi connectivity index (χ1v) is 7.58. The summed E-state index contributed by atoms with van der Waals surface area (Å²) in [5.74, 6) is 1.00. The minimum atomic E-state index is 0.225. The third kappa shape index (κ3) is 3.99. The normalized spacial score (nSPS) is 16.2. The maximum absolute atomic E-state index is 11.3. The number of anilines is 1. The highest BCUT2D eigenvalue weighted by molar-refractivity contribution is 5.73. The van der Waals surface area contributed by atoms with Crippen LogP contribution in [0.4, 0.5) is 5.69 Å². The van der Waals surface area contributed by atoms with E-state index in [0.29, 0.717) is 0 Å².